The molecule has 0 unspecified atom stereocenters. The van der Waals surface area contributed by atoms with Gasteiger partial charge in [-0.05, 0) is 31.5 Å². The van der Waals surface area contributed by atoms with Gasteiger partial charge in [0.1, 0.15) is 0 Å². The van der Waals surface area contributed by atoms with Crippen molar-refractivity contribution in [1.82, 2.24) is 10.2 Å². The molecule has 0 radical (unpaired) electrons. The molecule has 4 nitrogen and oxygen atoms in total. The highest BCUT2D eigenvalue weighted by Crippen LogP contribution is 2.34. The van der Waals surface area contributed by atoms with Crippen LogP contribution in [-0.4, -0.2) is 44.3 Å². The molecule has 1 aliphatic rings. The van der Waals surface area contributed by atoms with Gasteiger partial charge in [0.2, 0.25) is 0 Å². The number of rotatable bonds is 5. The smallest absolute Gasteiger partial charge is 0.162 e. The van der Waals surface area contributed by atoms with Crippen molar-refractivity contribution in [2.24, 2.45) is 0 Å². The summed E-state index contributed by atoms with van der Waals surface area (Å²) in [7, 11) is 1.69. The third-order valence-corrected chi connectivity index (χ3v) is 4.04. The van der Waals surface area contributed by atoms with Crippen LogP contribution in [0, 0.1) is 0 Å². The molecule has 1 aromatic carbocycles. The molecule has 0 bridgehead atoms. The normalized spacial score (nSPS) is 16.4. The van der Waals surface area contributed by atoms with Gasteiger partial charge in [0.25, 0.3) is 0 Å². The molecule has 0 atom stereocenters. The molecule has 2 rings (SSSR count). The summed E-state index contributed by atoms with van der Waals surface area (Å²) in [6.45, 7) is 9.25. The van der Waals surface area contributed by atoms with E-state index in [4.69, 9.17) is 9.47 Å². The van der Waals surface area contributed by atoms with Crippen LogP contribution in [0.1, 0.15) is 19.4 Å². The first kappa shape index (κ1) is 15.6. The maximum atomic E-state index is 5.78. The molecule has 0 aromatic heterocycles. The van der Waals surface area contributed by atoms with E-state index in [1.54, 1.807) is 7.11 Å². The number of benzene rings is 1. The zero-order valence-electron chi connectivity index (χ0n) is 12.4. The quantitative estimate of drug-likeness (QED) is 0.891. The molecule has 1 saturated heterocycles. The second-order valence-electron chi connectivity index (χ2n) is 5.29. The summed E-state index contributed by atoms with van der Waals surface area (Å²) in [5.74, 6) is 1.59. The Morgan fingerprint density at radius 1 is 1.25 bits per heavy atom. The van der Waals surface area contributed by atoms with Crippen LogP contribution in [0.2, 0.25) is 0 Å². The molecule has 0 spiro atoms. The summed E-state index contributed by atoms with van der Waals surface area (Å²) in [5, 5.41) is 3.37. The first-order chi connectivity index (χ1) is 9.60. The summed E-state index contributed by atoms with van der Waals surface area (Å²) >= 11 is 3.65. The van der Waals surface area contributed by atoms with E-state index >= 15 is 0 Å². The van der Waals surface area contributed by atoms with E-state index in [2.05, 4.69) is 32.2 Å². The zero-order chi connectivity index (χ0) is 14.5. The topological polar surface area (TPSA) is 33.7 Å². The number of nitrogens with zero attached hydrogens (tertiary/aromatic N) is 1. The minimum Gasteiger partial charge on any atom is -0.493 e. The maximum Gasteiger partial charge on any atom is 0.162 e. The van der Waals surface area contributed by atoms with Gasteiger partial charge in [-0.25, -0.2) is 0 Å². The lowest BCUT2D eigenvalue weighted by atomic mass is 10.1. The minimum atomic E-state index is 0.134. The monoisotopic (exact) mass is 342 g/mol. The number of hydrogen-bond acceptors (Lipinski definition) is 4. The standard InChI is InChI=1S/C15H23BrN2O2/c1-11(2)20-15-9-13(16)12(8-14(15)19-3)10-18-6-4-17-5-7-18/h8-9,11,17H,4-7,10H2,1-3H3. The van der Waals surface area contributed by atoms with Gasteiger partial charge >= 0.3 is 0 Å². The van der Waals surface area contributed by atoms with Gasteiger partial charge < -0.3 is 14.8 Å². The van der Waals surface area contributed by atoms with Crippen LogP contribution >= 0.6 is 15.9 Å². The Labute approximate surface area is 129 Å². The fourth-order valence-corrected chi connectivity index (χ4v) is 2.76. The second kappa shape index (κ2) is 7.29. The predicted octanol–water partition coefficient (Wildman–Crippen LogP) is 2.65. The number of piperazine rings is 1. The van der Waals surface area contributed by atoms with Gasteiger partial charge in [-0.15, -0.1) is 0 Å². The molecule has 1 aliphatic heterocycles. The lowest BCUT2D eigenvalue weighted by Crippen LogP contribution is -2.42. The highest BCUT2D eigenvalue weighted by atomic mass is 79.9. The van der Waals surface area contributed by atoms with Crippen molar-refractivity contribution >= 4 is 15.9 Å². The lowest BCUT2D eigenvalue weighted by Gasteiger charge is -2.28. The van der Waals surface area contributed by atoms with Gasteiger partial charge in [0.15, 0.2) is 11.5 Å². The molecular formula is C15H23BrN2O2. The summed E-state index contributed by atoms with van der Waals surface area (Å²) in [6.07, 6.45) is 0.134. The fraction of sp³-hybridized carbons (Fsp3) is 0.600. The van der Waals surface area contributed by atoms with E-state index in [1.165, 1.54) is 5.56 Å². The van der Waals surface area contributed by atoms with Crippen molar-refractivity contribution in [3.8, 4) is 11.5 Å². The third kappa shape index (κ3) is 4.11. The first-order valence-corrected chi connectivity index (χ1v) is 7.85. The van der Waals surface area contributed by atoms with E-state index in [1.807, 2.05) is 19.9 Å². The Hall–Kier alpha value is -0.780. The number of ether oxygens (including phenoxy) is 2. The van der Waals surface area contributed by atoms with Crippen LogP contribution in [0.4, 0.5) is 0 Å². The van der Waals surface area contributed by atoms with Gasteiger partial charge in [-0.2, -0.15) is 0 Å². The van der Waals surface area contributed by atoms with E-state index in [-0.39, 0.29) is 6.10 Å². The van der Waals surface area contributed by atoms with Crippen LogP contribution in [-0.2, 0) is 6.54 Å². The number of nitrogens with one attached hydrogen (secondary N) is 1. The number of methoxy groups -OCH3 is 1. The van der Waals surface area contributed by atoms with Crippen molar-refractivity contribution in [2.75, 3.05) is 33.3 Å². The Bertz CT molecular complexity index is 446. The number of halogens is 1. The van der Waals surface area contributed by atoms with Crippen molar-refractivity contribution < 1.29 is 9.47 Å². The van der Waals surface area contributed by atoms with Crippen LogP contribution in [0.15, 0.2) is 16.6 Å². The highest BCUT2D eigenvalue weighted by Gasteiger charge is 2.15. The SMILES string of the molecule is COc1cc(CN2CCNCC2)c(Br)cc1OC(C)C. The van der Waals surface area contributed by atoms with Crippen molar-refractivity contribution in [1.29, 1.82) is 0 Å². The summed E-state index contributed by atoms with van der Waals surface area (Å²) < 4.78 is 12.3. The Kier molecular flexibility index (Phi) is 5.69. The van der Waals surface area contributed by atoms with Crippen molar-refractivity contribution in [3.05, 3.63) is 22.2 Å². The summed E-state index contributed by atoms with van der Waals surface area (Å²) in [4.78, 5) is 2.44. The predicted molar refractivity (Wildman–Crippen MR) is 84.6 cm³/mol. The minimum absolute atomic E-state index is 0.134. The zero-order valence-corrected chi connectivity index (χ0v) is 14.0. The average molecular weight is 343 g/mol. The maximum absolute atomic E-state index is 5.78. The molecule has 1 N–H and O–H groups in total. The van der Waals surface area contributed by atoms with E-state index < -0.39 is 0 Å². The average Bonchev–Trinajstić information content (AvgIpc) is 2.42. The van der Waals surface area contributed by atoms with Gasteiger partial charge in [-0.3, -0.25) is 4.90 Å². The molecule has 20 heavy (non-hydrogen) atoms. The molecule has 1 aromatic rings. The van der Waals surface area contributed by atoms with Crippen LogP contribution in [0.25, 0.3) is 0 Å². The molecule has 1 heterocycles. The van der Waals surface area contributed by atoms with Crippen molar-refractivity contribution in [2.45, 2.75) is 26.5 Å². The molecule has 0 saturated carbocycles. The van der Waals surface area contributed by atoms with Gasteiger partial charge in [0, 0.05) is 37.2 Å². The Morgan fingerprint density at radius 3 is 2.55 bits per heavy atom. The largest absolute Gasteiger partial charge is 0.493 e. The first-order valence-electron chi connectivity index (χ1n) is 7.06. The molecular weight excluding hydrogens is 320 g/mol. The molecule has 1 fully saturated rings. The van der Waals surface area contributed by atoms with Crippen LogP contribution in [0.3, 0.4) is 0 Å². The molecule has 0 amide bonds. The van der Waals surface area contributed by atoms with Gasteiger partial charge in [0.05, 0.1) is 13.2 Å². The highest BCUT2D eigenvalue weighted by molar-refractivity contribution is 9.10. The lowest BCUT2D eigenvalue weighted by molar-refractivity contribution is 0.225. The van der Waals surface area contributed by atoms with E-state index in [9.17, 15) is 0 Å². The molecule has 0 aliphatic carbocycles. The molecule has 112 valence electrons. The summed E-state index contributed by atoms with van der Waals surface area (Å²) in [6, 6.07) is 4.08. The second-order valence-corrected chi connectivity index (χ2v) is 6.14. The fourth-order valence-electron chi connectivity index (χ4n) is 2.31. The number of hydrogen-bond donors (Lipinski definition) is 1. The van der Waals surface area contributed by atoms with Crippen LogP contribution < -0.4 is 14.8 Å². The van der Waals surface area contributed by atoms with Gasteiger partial charge in [-0.1, -0.05) is 15.9 Å². The third-order valence-electron chi connectivity index (χ3n) is 3.30. The van der Waals surface area contributed by atoms with Crippen LogP contribution in [0.5, 0.6) is 11.5 Å². The van der Waals surface area contributed by atoms with E-state index in [0.29, 0.717) is 0 Å². The Morgan fingerprint density at radius 2 is 1.95 bits per heavy atom. The molecule has 5 heteroatoms. The van der Waals surface area contributed by atoms with E-state index in [0.717, 1.165) is 48.7 Å². The Balaban J connectivity index is 2.16. The van der Waals surface area contributed by atoms with Crippen molar-refractivity contribution in [3.63, 3.8) is 0 Å². The summed E-state index contributed by atoms with van der Waals surface area (Å²) in [5.41, 5.74) is 1.24.